The van der Waals surface area contributed by atoms with Crippen molar-refractivity contribution in [1.82, 2.24) is 10.6 Å². The number of nitrogens with one attached hydrogen (secondary N) is 2. The first kappa shape index (κ1) is 16.6. The van der Waals surface area contributed by atoms with Gasteiger partial charge in [0, 0.05) is 17.9 Å². The Morgan fingerprint density at radius 3 is 2.41 bits per heavy atom. The van der Waals surface area contributed by atoms with Gasteiger partial charge in [-0.15, -0.1) is 0 Å². The van der Waals surface area contributed by atoms with Crippen molar-refractivity contribution in [3.63, 3.8) is 0 Å². The van der Waals surface area contributed by atoms with Gasteiger partial charge in [0.2, 0.25) is 11.8 Å². The molecular weight excluding hydrogens is 280 g/mol. The van der Waals surface area contributed by atoms with Crippen molar-refractivity contribution >= 4 is 11.8 Å². The maximum absolute atomic E-state index is 12.1. The van der Waals surface area contributed by atoms with Gasteiger partial charge in [-0.3, -0.25) is 9.59 Å². The molecule has 2 amide bonds. The van der Waals surface area contributed by atoms with Gasteiger partial charge in [0.05, 0.1) is 12.8 Å². The number of amides is 2. The van der Waals surface area contributed by atoms with E-state index < -0.39 is 0 Å². The molecule has 1 atom stereocenters. The molecule has 2 N–H and O–H groups in total. The van der Waals surface area contributed by atoms with Gasteiger partial charge in [0.15, 0.2) is 0 Å². The lowest BCUT2D eigenvalue weighted by molar-refractivity contribution is -0.131. The molecule has 0 spiro atoms. The first-order chi connectivity index (χ1) is 10.6. The minimum Gasteiger partial charge on any atom is -0.467 e. The lowest BCUT2D eigenvalue weighted by atomic mass is 9.81. The minimum absolute atomic E-state index is 0.0163. The Morgan fingerprint density at radius 2 is 1.86 bits per heavy atom. The molecule has 1 saturated carbocycles. The first-order valence-corrected chi connectivity index (χ1v) is 8.20. The summed E-state index contributed by atoms with van der Waals surface area (Å²) in [6.45, 7) is 4.51. The van der Waals surface area contributed by atoms with Crippen molar-refractivity contribution in [3.05, 3.63) is 24.2 Å². The summed E-state index contributed by atoms with van der Waals surface area (Å²) in [5.74, 6) is 1.04. The van der Waals surface area contributed by atoms with Crippen molar-refractivity contribution in [3.8, 4) is 0 Å². The zero-order valence-electron chi connectivity index (χ0n) is 13.4. The molecule has 1 heterocycles. The average Bonchev–Trinajstić information content (AvgIpc) is 3.06. The largest absolute Gasteiger partial charge is 0.467 e. The third-order valence-electron chi connectivity index (χ3n) is 4.49. The van der Waals surface area contributed by atoms with Crippen LogP contribution in [0.15, 0.2) is 22.8 Å². The molecular formula is C17H26N2O3. The minimum atomic E-state index is 0.0163. The van der Waals surface area contributed by atoms with Crippen LogP contribution in [-0.2, 0) is 16.1 Å². The molecule has 2 rings (SSSR count). The predicted octanol–water partition coefficient (Wildman–Crippen LogP) is 2.62. The van der Waals surface area contributed by atoms with E-state index in [0.29, 0.717) is 6.54 Å². The van der Waals surface area contributed by atoms with E-state index in [2.05, 4.69) is 17.6 Å². The Balaban J connectivity index is 1.72. The molecule has 0 aromatic carbocycles. The molecule has 22 heavy (non-hydrogen) atoms. The fourth-order valence-electron chi connectivity index (χ4n) is 2.81. The highest BCUT2D eigenvalue weighted by Gasteiger charge is 2.30. The second-order valence-electron chi connectivity index (χ2n) is 6.16. The quantitative estimate of drug-likeness (QED) is 0.848. The molecule has 5 nitrogen and oxygen atoms in total. The molecule has 1 aliphatic rings. The molecule has 0 bridgehead atoms. The van der Waals surface area contributed by atoms with Gasteiger partial charge in [0.25, 0.3) is 0 Å². The second kappa shape index (κ2) is 8.01. The number of carbonyl (C=O) groups excluding carboxylic acids is 2. The zero-order chi connectivity index (χ0) is 15.9. The summed E-state index contributed by atoms with van der Waals surface area (Å²) in [6.07, 6.45) is 5.69. The van der Waals surface area contributed by atoms with Crippen LogP contribution in [0.5, 0.6) is 0 Å². The fraction of sp³-hybridized carbons (Fsp3) is 0.647. The van der Waals surface area contributed by atoms with Crippen LogP contribution in [0.4, 0.5) is 0 Å². The van der Waals surface area contributed by atoms with Crippen molar-refractivity contribution in [2.45, 2.75) is 58.5 Å². The van der Waals surface area contributed by atoms with Gasteiger partial charge in [-0.1, -0.05) is 6.92 Å². The van der Waals surface area contributed by atoms with Crippen LogP contribution in [0.25, 0.3) is 0 Å². The highest BCUT2D eigenvalue weighted by molar-refractivity contribution is 5.81. The van der Waals surface area contributed by atoms with Gasteiger partial charge >= 0.3 is 0 Å². The molecule has 5 heteroatoms. The molecule has 1 aliphatic carbocycles. The molecule has 1 aromatic rings. The van der Waals surface area contributed by atoms with Crippen LogP contribution in [-0.4, -0.2) is 17.9 Å². The fourth-order valence-corrected chi connectivity index (χ4v) is 2.81. The van der Waals surface area contributed by atoms with Gasteiger partial charge in [0.1, 0.15) is 5.76 Å². The van der Waals surface area contributed by atoms with E-state index in [1.807, 2.05) is 19.1 Å². The third kappa shape index (κ3) is 4.61. The third-order valence-corrected chi connectivity index (χ3v) is 4.49. The number of hydrogen-bond donors (Lipinski definition) is 2. The first-order valence-electron chi connectivity index (χ1n) is 8.20. The van der Waals surface area contributed by atoms with E-state index in [4.69, 9.17) is 4.42 Å². The van der Waals surface area contributed by atoms with E-state index in [9.17, 15) is 9.59 Å². The van der Waals surface area contributed by atoms with Crippen molar-refractivity contribution < 1.29 is 14.0 Å². The lowest BCUT2D eigenvalue weighted by Crippen LogP contribution is -2.40. The molecule has 0 saturated heterocycles. The number of hydrogen-bond acceptors (Lipinski definition) is 3. The van der Waals surface area contributed by atoms with Crippen molar-refractivity contribution in [1.29, 1.82) is 0 Å². The molecule has 1 unspecified atom stereocenters. The van der Waals surface area contributed by atoms with E-state index in [-0.39, 0.29) is 29.7 Å². The van der Waals surface area contributed by atoms with Gasteiger partial charge in [-0.25, -0.2) is 0 Å². The summed E-state index contributed by atoms with van der Waals surface area (Å²) in [5.41, 5.74) is 0. The Labute approximate surface area is 131 Å². The standard InChI is InChI=1S/C17H26N2O3/c1-3-12(2)19-17(21)14-8-6-13(7-9-14)16(20)18-11-15-5-4-10-22-15/h4-5,10,12-14H,3,6-9,11H2,1-2H3,(H,18,20)(H,19,21). The van der Waals surface area contributed by atoms with E-state index in [0.717, 1.165) is 37.9 Å². The number of furan rings is 1. The van der Waals surface area contributed by atoms with Gasteiger partial charge in [-0.05, 0) is 51.2 Å². The number of carbonyl (C=O) groups is 2. The van der Waals surface area contributed by atoms with Crippen LogP contribution in [0.1, 0.15) is 51.7 Å². The molecule has 122 valence electrons. The normalized spacial score (nSPS) is 22.8. The molecule has 1 fully saturated rings. The van der Waals surface area contributed by atoms with E-state index in [1.165, 1.54) is 0 Å². The summed E-state index contributed by atoms with van der Waals surface area (Å²) >= 11 is 0. The smallest absolute Gasteiger partial charge is 0.223 e. The van der Waals surface area contributed by atoms with Gasteiger partial charge in [-0.2, -0.15) is 0 Å². The van der Waals surface area contributed by atoms with Crippen molar-refractivity contribution in [2.75, 3.05) is 0 Å². The summed E-state index contributed by atoms with van der Waals surface area (Å²) in [6, 6.07) is 3.88. The van der Waals surface area contributed by atoms with Crippen LogP contribution in [0.2, 0.25) is 0 Å². The second-order valence-corrected chi connectivity index (χ2v) is 6.16. The molecule has 0 radical (unpaired) electrons. The predicted molar refractivity (Wildman–Crippen MR) is 83.9 cm³/mol. The van der Waals surface area contributed by atoms with Crippen LogP contribution >= 0.6 is 0 Å². The summed E-state index contributed by atoms with van der Waals surface area (Å²) in [4.78, 5) is 24.2. The Hall–Kier alpha value is -1.78. The summed E-state index contributed by atoms with van der Waals surface area (Å²) in [5, 5.41) is 5.94. The van der Waals surface area contributed by atoms with Crippen LogP contribution in [0.3, 0.4) is 0 Å². The van der Waals surface area contributed by atoms with Crippen LogP contribution < -0.4 is 10.6 Å². The Morgan fingerprint density at radius 1 is 1.23 bits per heavy atom. The van der Waals surface area contributed by atoms with E-state index in [1.54, 1.807) is 6.26 Å². The Kier molecular flexibility index (Phi) is 6.04. The highest BCUT2D eigenvalue weighted by Crippen LogP contribution is 2.29. The zero-order valence-corrected chi connectivity index (χ0v) is 13.4. The Bertz CT molecular complexity index is 476. The maximum Gasteiger partial charge on any atom is 0.223 e. The van der Waals surface area contributed by atoms with Crippen molar-refractivity contribution in [2.24, 2.45) is 11.8 Å². The molecule has 1 aromatic heterocycles. The average molecular weight is 306 g/mol. The highest BCUT2D eigenvalue weighted by atomic mass is 16.3. The topological polar surface area (TPSA) is 71.3 Å². The lowest BCUT2D eigenvalue weighted by Gasteiger charge is -2.27. The maximum atomic E-state index is 12.1. The summed E-state index contributed by atoms with van der Waals surface area (Å²) < 4.78 is 5.20. The van der Waals surface area contributed by atoms with Gasteiger partial charge < -0.3 is 15.1 Å². The number of rotatable bonds is 6. The summed E-state index contributed by atoms with van der Waals surface area (Å²) in [7, 11) is 0. The van der Waals surface area contributed by atoms with Crippen LogP contribution in [0, 0.1) is 11.8 Å². The SMILES string of the molecule is CCC(C)NC(=O)C1CCC(C(=O)NCc2ccco2)CC1. The molecule has 0 aliphatic heterocycles. The van der Waals surface area contributed by atoms with E-state index >= 15 is 0 Å². The monoisotopic (exact) mass is 306 g/mol.